The summed E-state index contributed by atoms with van der Waals surface area (Å²) < 4.78 is 23.2. The summed E-state index contributed by atoms with van der Waals surface area (Å²) in [5.41, 5.74) is 0. The summed E-state index contributed by atoms with van der Waals surface area (Å²) in [6.07, 6.45) is 1.59. The largest absolute Gasteiger partial charge is 0.214 e. The lowest BCUT2D eigenvalue weighted by Crippen LogP contribution is -2.19. The van der Waals surface area contributed by atoms with Gasteiger partial charge in [-0.1, -0.05) is 13.3 Å². The van der Waals surface area contributed by atoms with Crippen LogP contribution < -0.4 is 4.72 Å². The van der Waals surface area contributed by atoms with E-state index in [1.807, 2.05) is 11.6 Å². The van der Waals surface area contributed by atoms with Gasteiger partial charge < -0.3 is 0 Å². The quantitative estimate of drug-likeness (QED) is 0.634. The lowest BCUT2D eigenvalue weighted by molar-refractivity contribution is 0.587. The van der Waals surface area contributed by atoms with Crippen LogP contribution in [0.2, 0.25) is 0 Å². The predicted octanol–water partition coefficient (Wildman–Crippen LogP) is 0.497. The fourth-order valence-electron chi connectivity index (χ4n) is 0.407. The first-order chi connectivity index (χ1) is 4.12. The number of hydrogen-bond donors (Lipinski definition) is 1. The van der Waals surface area contributed by atoms with E-state index in [0.717, 1.165) is 6.42 Å². The van der Waals surface area contributed by atoms with Gasteiger partial charge in [0.1, 0.15) is 0 Å². The molecular formula is C5H12NO2S. The molecule has 0 spiro atoms. The SMILES string of the molecule is [CH2]NS(=O)(=O)CCCC. The Balaban J connectivity index is 3.61. The second-order valence-electron chi connectivity index (χ2n) is 1.82. The minimum absolute atomic E-state index is 0.188. The molecule has 1 N–H and O–H groups in total. The monoisotopic (exact) mass is 150 g/mol. The zero-order valence-electron chi connectivity index (χ0n) is 5.55. The van der Waals surface area contributed by atoms with E-state index >= 15 is 0 Å². The van der Waals surface area contributed by atoms with E-state index < -0.39 is 10.0 Å². The molecule has 0 heterocycles. The lowest BCUT2D eigenvalue weighted by Gasteiger charge is -1.97. The molecule has 0 aliphatic rings. The highest BCUT2D eigenvalue weighted by Crippen LogP contribution is 1.91. The summed E-state index contributed by atoms with van der Waals surface area (Å²) in [6.45, 7) is 1.94. The molecule has 0 fully saturated rings. The third kappa shape index (κ3) is 4.42. The summed E-state index contributed by atoms with van der Waals surface area (Å²) in [5, 5.41) is 0. The molecule has 0 rings (SSSR count). The van der Waals surface area contributed by atoms with Crippen LogP contribution in [0.4, 0.5) is 0 Å². The van der Waals surface area contributed by atoms with Crippen molar-refractivity contribution < 1.29 is 8.42 Å². The Hall–Kier alpha value is -0.0900. The summed E-state index contributed by atoms with van der Waals surface area (Å²) in [5.74, 6) is 0.188. The van der Waals surface area contributed by atoms with Crippen molar-refractivity contribution in [3.8, 4) is 0 Å². The number of nitrogens with one attached hydrogen (secondary N) is 1. The first kappa shape index (κ1) is 8.91. The van der Waals surface area contributed by atoms with E-state index in [1.165, 1.54) is 0 Å². The molecule has 0 saturated heterocycles. The highest BCUT2D eigenvalue weighted by atomic mass is 32.2. The van der Waals surface area contributed by atoms with Crippen molar-refractivity contribution in [1.29, 1.82) is 0 Å². The Kier molecular flexibility index (Phi) is 3.81. The Bertz CT molecular complexity index is 150. The van der Waals surface area contributed by atoms with Gasteiger partial charge in [0.2, 0.25) is 10.0 Å². The van der Waals surface area contributed by atoms with Gasteiger partial charge in [-0.05, 0) is 6.42 Å². The zero-order valence-corrected chi connectivity index (χ0v) is 6.37. The second-order valence-corrected chi connectivity index (χ2v) is 3.74. The molecule has 0 unspecified atom stereocenters. The average molecular weight is 150 g/mol. The normalized spacial score (nSPS) is 11.8. The van der Waals surface area contributed by atoms with Crippen molar-refractivity contribution in [3.05, 3.63) is 7.05 Å². The smallest absolute Gasteiger partial charge is 0.211 e. The number of hydrogen-bond acceptors (Lipinski definition) is 2. The maximum atomic E-state index is 10.6. The standard InChI is InChI=1S/C5H12NO2S/c1-3-4-5-9(7,8)6-2/h6H,2-5H2,1H3. The fourth-order valence-corrected chi connectivity index (χ4v) is 1.22. The molecule has 0 bridgehead atoms. The summed E-state index contributed by atoms with van der Waals surface area (Å²) >= 11 is 0. The van der Waals surface area contributed by atoms with Crippen LogP contribution in [0.3, 0.4) is 0 Å². The zero-order chi connectivity index (χ0) is 7.33. The Morgan fingerprint density at radius 2 is 2.11 bits per heavy atom. The van der Waals surface area contributed by atoms with E-state index in [9.17, 15) is 8.42 Å². The molecule has 9 heavy (non-hydrogen) atoms. The molecule has 0 aromatic carbocycles. The van der Waals surface area contributed by atoms with Gasteiger partial charge in [-0.25, -0.2) is 13.1 Å². The Labute approximate surface area is 56.5 Å². The van der Waals surface area contributed by atoms with Gasteiger partial charge in [-0.3, -0.25) is 0 Å². The molecule has 0 atom stereocenters. The Morgan fingerprint density at radius 1 is 1.56 bits per heavy atom. The molecule has 0 saturated carbocycles. The molecule has 55 valence electrons. The van der Waals surface area contributed by atoms with Gasteiger partial charge >= 0.3 is 0 Å². The van der Waals surface area contributed by atoms with Crippen molar-refractivity contribution in [1.82, 2.24) is 4.72 Å². The summed E-state index contributed by atoms with van der Waals surface area (Å²) in [6, 6.07) is 0. The van der Waals surface area contributed by atoms with E-state index in [1.54, 1.807) is 0 Å². The molecular weight excluding hydrogens is 138 g/mol. The first-order valence-electron chi connectivity index (χ1n) is 2.89. The third-order valence-electron chi connectivity index (χ3n) is 0.987. The molecule has 1 radical (unpaired) electrons. The topological polar surface area (TPSA) is 46.2 Å². The van der Waals surface area contributed by atoms with Crippen LogP contribution >= 0.6 is 0 Å². The van der Waals surface area contributed by atoms with Gasteiger partial charge in [-0.15, -0.1) is 0 Å². The molecule has 0 amide bonds. The van der Waals surface area contributed by atoms with Gasteiger partial charge in [0, 0.05) is 7.05 Å². The van der Waals surface area contributed by atoms with Crippen LogP contribution in [0, 0.1) is 7.05 Å². The highest BCUT2D eigenvalue weighted by Gasteiger charge is 2.03. The van der Waals surface area contributed by atoms with Gasteiger partial charge in [-0.2, -0.15) is 0 Å². The number of rotatable bonds is 4. The Morgan fingerprint density at radius 3 is 2.44 bits per heavy atom. The number of sulfonamides is 1. The molecule has 0 aliphatic heterocycles. The average Bonchev–Trinajstić information content (AvgIpc) is 1.84. The minimum Gasteiger partial charge on any atom is -0.214 e. The highest BCUT2D eigenvalue weighted by molar-refractivity contribution is 7.89. The maximum absolute atomic E-state index is 10.6. The van der Waals surface area contributed by atoms with E-state index in [0.29, 0.717) is 6.42 Å². The van der Waals surface area contributed by atoms with Gasteiger partial charge in [0.25, 0.3) is 0 Å². The maximum Gasteiger partial charge on any atom is 0.211 e. The molecule has 0 aromatic rings. The van der Waals surface area contributed by atoms with Crippen molar-refractivity contribution in [2.75, 3.05) is 5.75 Å². The molecule has 0 aromatic heterocycles. The summed E-state index contributed by atoms with van der Waals surface area (Å²) in [7, 11) is 0.0296. The molecule has 3 nitrogen and oxygen atoms in total. The van der Waals surface area contributed by atoms with Crippen molar-refractivity contribution in [2.45, 2.75) is 19.8 Å². The molecule has 4 heteroatoms. The van der Waals surface area contributed by atoms with Crippen LogP contribution in [-0.2, 0) is 10.0 Å². The van der Waals surface area contributed by atoms with E-state index in [4.69, 9.17) is 0 Å². The van der Waals surface area contributed by atoms with Gasteiger partial charge in [0.05, 0.1) is 5.75 Å². The fraction of sp³-hybridized carbons (Fsp3) is 0.800. The van der Waals surface area contributed by atoms with Crippen molar-refractivity contribution in [2.24, 2.45) is 0 Å². The van der Waals surface area contributed by atoms with Crippen molar-refractivity contribution in [3.63, 3.8) is 0 Å². The van der Waals surface area contributed by atoms with E-state index in [-0.39, 0.29) is 5.75 Å². The van der Waals surface area contributed by atoms with Crippen LogP contribution in [0.5, 0.6) is 0 Å². The molecule has 0 aliphatic carbocycles. The van der Waals surface area contributed by atoms with E-state index in [2.05, 4.69) is 7.05 Å². The first-order valence-corrected chi connectivity index (χ1v) is 4.54. The van der Waals surface area contributed by atoms with Crippen LogP contribution in [0.25, 0.3) is 0 Å². The minimum atomic E-state index is -3.04. The van der Waals surface area contributed by atoms with Crippen LogP contribution in [-0.4, -0.2) is 14.2 Å². The predicted molar refractivity (Wildman–Crippen MR) is 37.2 cm³/mol. The third-order valence-corrected chi connectivity index (χ3v) is 2.25. The van der Waals surface area contributed by atoms with Crippen molar-refractivity contribution >= 4 is 10.0 Å². The lowest BCUT2D eigenvalue weighted by atomic mass is 10.4. The number of unbranched alkanes of at least 4 members (excludes halogenated alkanes) is 1. The summed E-state index contributed by atoms with van der Waals surface area (Å²) in [4.78, 5) is 0. The second kappa shape index (κ2) is 3.85. The van der Waals surface area contributed by atoms with Gasteiger partial charge in [0.15, 0.2) is 0 Å². The van der Waals surface area contributed by atoms with Crippen LogP contribution in [0.15, 0.2) is 0 Å². The van der Waals surface area contributed by atoms with Crippen LogP contribution in [0.1, 0.15) is 19.8 Å².